The summed E-state index contributed by atoms with van der Waals surface area (Å²) < 4.78 is 5.63. The lowest BCUT2D eigenvalue weighted by molar-refractivity contribution is 0.483. The number of nitrogens with zero attached hydrogens (tertiary/aromatic N) is 1. The van der Waals surface area contributed by atoms with Gasteiger partial charge in [-0.2, -0.15) is 0 Å². The summed E-state index contributed by atoms with van der Waals surface area (Å²) in [5.41, 5.74) is 9.24. The van der Waals surface area contributed by atoms with Crippen LogP contribution in [0.1, 0.15) is 25.3 Å². The van der Waals surface area contributed by atoms with Crippen molar-refractivity contribution in [2.75, 3.05) is 5.73 Å². The first-order valence-corrected chi connectivity index (χ1v) is 5.22. The van der Waals surface area contributed by atoms with Crippen LogP contribution in [-0.4, -0.2) is 4.98 Å². The number of benzene rings is 1. The van der Waals surface area contributed by atoms with E-state index >= 15 is 0 Å². The highest BCUT2D eigenvalue weighted by Crippen LogP contribution is 2.24. The van der Waals surface area contributed by atoms with Crippen molar-refractivity contribution in [3.63, 3.8) is 0 Å². The molecule has 2 N–H and O–H groups in total. The Bertz CT molecular complexity index is 486. The van der Waals surface area contributed by atoms with E-state index in [4.69, 9.17) is 10.2 Å². The molecule has 0 atom stereocenters. The highest BCUT2D eigenvalue weighted by atomic mass is 16.3. The summed E-state index contributed by atoms with van der Waals surface area (Å²) in [6, 6.07) is 3.91. The molecule has 3 heteroatoms. The molecule has 0 spiro atoms. The molecule has 0 aliphatic carbocycles. The molecule has 0 saturated heterocycles. The number of fused-ring (bicyclic) bond motifs is 1. The molecule has 1 aromatic carbocycles. The van der Waals surface area contributed by atoms with Gasteiger partial charge in [0.2, 0.25) is 0 Å². The van der Waals surface area contributed by atoms with Crippen LogP contribution in [0.2, 0.25) is 0 Å². The van der Waals surface area contributed by atoms with E-state index in [2.05, 4.69) is 18.8 Å². The average Bonchev–Trinajstić information content (AvgIpc) is 2.45. The zero-order valence-electron chi connectivity index (χ0n) is 9.37. The largest absolute Gasteiger partial charge is 0.439 e. The Morgan fingerprint density at radius 1 is 1.40 bits per heavy atom. The standard InChI is InChI=1S/C12H16N2O/c1-7(2)4-11-14-10-6-8(3)5-9(13)12(10)15-11/h5-7H,4,13H2,1-3H3. The van der Waals surface area contributed by atoms with Gasteiger partial charge in [0.15, 0.2) is 11.5 Å². The Balaban J connectivity index is 2.50. The maximum atomic E-state index is 5.87. The van der Waals surface area contributed by atoms with Gasteiger partial charge >= 0.3 is 0 Å². The minimum absolute atomic E-state index is 0.542. The predicted octanol–water partition coefficient (Wildman–Crippen LogP) is 2.92. The average molecular weight is 204 g/mol. The fraction of sp³-hybridized carbons (Fsp3) is 0.417. The Kier molecular flexibility index (Phi) is 2.39. The summed E-state index contributed by atoms with van der Waals surface area (Å²) in [6.45, 7) is 6.29. The topological polar surface area (TPSA) is 52.0 Å². The number of rotatable bonds is 2. The Hall–Kier alpha value is -1.51. The molecule has 3 nitrogen and oxygen atoms in total. The molecule has 0 bridgehead atoms. The van der Waals surface area contributed by atoms with E-state index in [9.17, 15) is 0 Å². The molecule has 2 rings (SSSR count). The predicted molar refractivity (Wildman–Crippen MR) is 61.7 cm³/mol. The number of anilines is 1. The van der Waals surface area contributed by atoms with Crippen LogP contribution in [0.25, 0.3) is 11.1 Å². The maximum absolute atomic E-state index is 5.87. The zero-order valence-corrected chi connectivity index (χ0v) is 9.37. The number of hydrogen-bond acceptors (Lipinski definition) is 3. The molecule has 0 radical (unpaired) electrons. The third kappa shape index (κ3) is 1.96. The van der Waals surface area contributed by atoms with Crippen LogP contribution >= 0.6 is 0 Å². The van der Waals surface area contributed by atoms with Gasteiger partial charge in [-0.25, -0.2) is 4.98 Å². The summed E-state index contributed by atoms with van der Waals surface area (Å²) in [7, 11) is 0. The van der Waals surface area contributed by atoms with Crippen molar-refractivity contribution in [2.24, 2.45) is 5.92 Å². The van der Waals surface area contributed by atoms with E-state index in [0.29, 0.717) is 11.6 Å². The van der Waals surface area contributed by atoms with Gasteiger partial charge in [0.05, 0.1) is 5.69 Å². The normalized spacial score (nSPS) is 11.5. The summed E-state index contributed by atoms with van der Waals surface area (Å²) in [6.07, 6.45) is 0.854. The molecule has 0 unspecified atom stereocenters. The molecule has 80 valence electrons. The van der Waals surface area contributed by atoms with E-state index in [0.717, 1.165) is 29.0 Å². The molecule has 1 aromatic heterocycles. The minimum Gasteiger partial charge on any atom is -0.439 e. The molecule has 0 amide bonds. The van der Waals surface area contributed by atoms with Crippen LogP contribution in [-0.2, 0) is 6.42 Å². The van der Waals surface area contributed by atoms with Gasteiger partial charge in [-0.15, -0.1) is 0 Å². The van der Waals surface area contributed by atoms with Gasteiger partial charge in [0.1, 0.15) is 5.52 Å². The van der Waals surface area contributed by atoms with Crippen molar-refractivity contribution in [3.8, 4) is 0 Å². The van der Waals surface area contributed by atoms with E-state index in [1.807, 2.05) is 19.1 Å². The van der Waals surface area contributed by atoms with Crippen molar-refractivity contribution >= 4 is 16.8 Å². The number of oxazole rings is 1. The van der Waals surface area contributed by atoms with Crippen LogP contribution in [0.4, 0.5) is 5.69 Å². The highest BCUT2D eigenvalue weighted by molar-refractivity contribution is 5.85. The fourth-order valence-corrected chi connectivity index (χ4v) is 1.69. The van der Waals surface area contributed by atoms with Gasteiger partial charge in [0, 0.05) is 6.42 Å². The van der Waals surface area contributed by atoms with Gasteiger partial charge < -0.3 is 10.2 Å². The monoisotopic (exact) mass is 204 g/mol. The lowest BCUT2D eigenvalue weighted by Gasteiger charge is -1.97. The summed E-state index contributed by atoms with van der Waals surface area (Å²) in [5.74, 6) is 1.32. The molecule has 0 fully saturated rings. The number of aryl methyl sites for hydroxylation is 1. The van der Waals surface area contributed by atoms with Crippen LogP contribution in [0.3, 0.4) is 0 Å². The van der Waals surface area contributed by atoms with Gasteiger partial charge in [-0.05, 0) is 30.5 Å². The molecule has 0 aliphatic heterocycles. The number of nitrogens with two attached hydrogens (primary N) is 1. The molecule has 0 saturated carbocycles. The second-order valence-electron chi connectivity index (χ2n) is 4.41. The lowest BCUT2D eigenvalue weighted by atomic mass is 10.1. The van der Waals surface area contributed by atoms with Crippen LogP contribution in [0.15, 0.2) is 16.5 Å². The quantitative estimate of drug-likeness (QED) is 0.765. The first-order valence-electron chi connectivity index (χ1n) is 5.22. The number of hydrogen-bond donors (Lipinski definition) is 1. The van der Waals surface area contributed by atoms with Gasteiger partial charge in [-0.3, -0.25) is 0 Å². The molecule has 15 heavy (non-hydrogen) atoms. The first kappa shape index (κ1) is 10.0. The van der Waals surface area contributed by atoms with E-state index < -0.39 is 0 Å². The van der Waals surface area contributed by atoms with Crippen molar-refractivity contribution in [2.45, 2.75) is 27.2 Å². The highest BCUT2D eigenvalue weighted by Gasteiger charge is 2.10. The molecule has 2 aromatic rings. The SMILES string of the molecule is Cc1cc(N)c2oc(CC(C)C)nc2c1. The second kappa shape index (κ2) is 3.57. The van der Waals surface area contributed by atoms with Gasteiger partial charge in [-0.1, -0.05) is 13.8 Å². The molecular weight excluding hydrogens is 188 g/mol. The van der Waals surface area contributed by atoms with E-state index in [1.54, 1.807) is 0 Å². The second-order valence-corrected chi connectivity index (χ2v) is 4.41. The Morgan fingerprint density at radius 2 is 2.13 bits per heavy atom. The molecule has 1 heterocycles. The van der Waals surface area contributed by atoms with Crippen molar-refractivity contribution < 1.29 is 4.42 Å². The fourth-order valence-electron chi connectivity index (χ4n) is 1.69. The Labute approximate surface area is 89.3 Å². The minimum atomic E-state index is 0.542. The summed E-state index contributed by atoms with van der Waals surface area (Å²) in [4.78, 5) is 4.43. The third-order valence-corrected chi connectivity index (χ3v) is 2.29. The summed E-state index contributed by atoms with van der Waals surface area (Å²) in [5, 5.41) is 0. The number of nitrogen functional groups attached to an aromatic ring is 1. The van der Waals surface area contributed by atoms with Crippen molar-refractivity contribution in [1.82, 2.24) is 4.98 Å². The van der Waals surface area contributed by atoms with Crippen molar-refractivity contribution in [3.05, 3.63) is 23.6 Å². The lowest BCUT2D eigenvalue weighted by Crippen LogP contribution is -1.93. The molecular formula is C12H16N2O. The van der Waals surface area contributed by atoms with Crippen LogP contribution in [0.5, 0.6) is 0 Å². The Morgan fingerprint density at radius 3 is 2.80 bits per heavy atom. The maximum Gasteiger partial charge on any atom is 0.195 e. The zero-order chi connectivity index (χ0) is 11.0. The first-order chi connectivity index (χ1) is 7.06. The third-order valence-electron chi connectivity index (χ3n) is 2.29. The van der Waals surface area contributed by atoms with E-state index in [1.165, 1.54) is 0 Å². The smallest absolute Gasteiger partial charge is 0.195 e. The van der Waals surface area contributed by atoms with Crippen molar-refractivity contribution in [1.29, 1.82) is 0 Å². The molecule has 0 aliphatic rings. The van der Waals surface area contributed by atoms with Crippen LogP contribution < -0.4 is 5.73 Å². The van der Waals surface area contributed by atoms with Gasteiger partial charge in [0.25, 0.3) is 0 Å². The summed E-state index contributed by atoms with van der Waals surface area (Å²) >= 11 is 0. The number of aromatic nitrogens is 1. The van der Waals surface area contributed by atoms with E-state index in [-0.39, 0.29) is 0 Å². The van der Waals surface area contributed by atoms with Crippen LogP contribution in [0, 0.1) is 12.8 Å².